The maximum absolute atomic E-state index is 12.5. The highest BCUT2D eigenvalue weighted by Gasteiger charge is 2.17. The SMILES string of the molecule is O=c1c(Cl)c(-c2cn[nH]n2)cnn1Cc1nc(C[C@H](O)c2ccc(Cl)cc2)no1. The Labute approximate surface area is 173 Å². The number of H-pyrrole nitrogens is 1. The minimum absolute atomic E-state index is 0.0493. The van der Waals surface area contributed by atoms with E-state index < -0.39 is 11.7 Å². The van der Waals surface area contributed by atoms with Crippen LogP contribution in [0, 0.1) is 0 Å². The van der Waals surface area contributed by atoms with E-state index in [1.54, 1.807) is 24.3 Å². The molecule has 0 aliphatic carbocycles. The third kappa shape index (κ3) is 4.19. The van der Waals surface area contributed by atoms with Crippen molar-refractivity contribution in [2.75, 3.05) is 0 Å². The van der Waals surface area contributed by atoms with E-state index in [4.69, 9.17) is 27.7 Å². The Balaban J connectivity index is 1.48. The fourth-order valence-corrected chi connectivity index (χ4v) is 3.00. The minimum Gasteiger partial charge on any atom is -0.388 e. The summed E-state index contributed by atoms with van der Waals surface area (Å²) in [4.78, 5) is 16.7. The van der Waals surface area contributed by atoms with Crippen LogP contribution in [0.2, 0.25) is 10.0 Å². The fourth-order valence-electron chi connectivity index (χ4n) is 2.63. The van der Waals surface area contributed by atoms with Gasteiger partial charge >= 0.3 is 0 Å². The summed E-state index contributed by atoms with van der Waals surface area (Å²) in [6.45, 7) is -0.0678. The zero-order valence-corrected chi connectivity index (χ0v) is 16.2. The lowest BCUT2D eigenvalue weighted by molar-refractivity contribution is 0.174. The highest BCUT2D eigenvalue weighted by Crippen LogP contribution is 2.21. The molecule has 29 heavy (non-hydrogen) atoms. The smallest absolute Gasteiger partial charge is 0.286 e. The second-order valence-electron chi connectivity index (χ2n) is 6.07. The number of nitrogens with one attached hydrogen (secondary N) is 1. The second kappa shape index (κ2) is 8.11. The van der Waals surface area contributed by atoms with E-state index in [-0.39, 0.29) is 23.9 Å². The van der Waals surface area contributed by atoms with Crippen LogP contribution >= 0.6 is 23.2 Å². The summed E-state index contributed by atoms with van der Waals surface area (Å²) in [6, 6.07) is 6.81. The Morgan fingerprint density at radius 1 is 1.21 bits per heavy atom. The number of nitrogens with zero attached hydrogens (tertiary/aromatic N) is 6. The Morgan fingerprint density at radius 2 is 2.00 bits per heavy atom. The monoisotopic (exact) mass is 433 g/mol. The molecule has 148 valence electrons. The Kier molecular flexibility index (Phi) is 5.38. The molecular formula is C17H13Cl2N7O3. The van der Waals surface area contributed by atoms with Crippen molar-refractivity contribution in [3.63, 3.8) is 0 Å². The van der Waals surface area contributed by atoms with Crippen molar-refractivity contribution in [3.05, 3.63) is 74.3 Å². The van der Waals surface area contributed by atoms with Gasteiger partial charge in [-0.3, -0.25) is 4.79 Å². The summed E-state index contributed by atoms with van der Waals surface area (Å²) in [6.07, 6.45) is 2.15. The van der Waals surface area contributed by atoms with Gasteiger partial charge in [0, 0.05) is 17.0 Å². The first-order chi connectivity index (χ1) is 14.0. The van der Waals surface area contributed by atoms with Gasteiger partial charge in [-0.2, -0.15) is 25.5 Å². The normalized spacial score (nSPS) is 12.2. The van der Waals surface area contributed by atoms with Gasteiger partial charge in [-0.15, -0.1) is 0 Å². The molecule has 0 aliphatic heterocycles. The predicted molar refractivity (Wildman–Crippen MR) is 102 cm³/mol. The molecule has 0 saturated heterocycles. The van der Waals surface area contributed by atoms with Gasteiger partial charge in [-0.25, -0.2) is 4.68 Å². The van der Waals surface area contributed by atoms with E-state index >= 15 is 0 Å². The third-order valence-corrected chi connectivity index (χ3v) is 4.72. The minimum atomic E-state index is -0.824. The molecular weight excluding hydrogens is 421 g/mol. The molecule has 3 aromatic heterocycles. The van der Waals surface area contributed by atoms with Gasteiger partial charge < -0.3 is 9.63 Å². The maximum atomic E-state index is 12.5. The Hall–Kier alpha value is -3.08. The molecule has 0 unspecified atom stereocenters. The number of aromatic nitrogens is 7. The molecule has 0 saturated carbocycles. The van der Waals surface area contributed by atoms with Gasteiger partial charge in [-0.1, -0.05) is 40.5 Å². The number of benzene rings is 1. The van der Waals surface area contributed by atoms with Crippen molar-refractivity contribution in [2.45, 2.75) is 19.1 Å². The summed E-state index contributed by atoms with van der Waals surface area (Å²) >= 11 is 12.0. The van der Waals surface area contributed by atoms with Crippen molar-refractivity contribution in [2.24, 2.45) is 0 Å². The maximum Gasteiger partial charge on any atom is 0.286 e. The lowest BCUT2D eigenvalue weighted by Crippen LogP contribution is -2.24. The molecule has 0 aliphatic rings. The van der Waals surface area contributed by atoms with Crippen LogP contribution in [0.1, 0.15) is 23.4 Å². The molecule has 0 radical (unpaired) electrons. The van der Waals surface area contributed by atoms with Crippen LogP contribution in [0.5, 0.6) is 0 Å². The summed E-state index contributed by atoms with van der Waals surface area (Å²) in [7, 11) is 0. The number of aliphatic hydroxyl groups is 1. The van der Waals surface area contributed by atoms with Crippen LogP contribution in [0.4, 0.5) is 0 Å². The highest BCUT2D eigenvalue weighted by atomic mass is 35.5. The third-order valence-electron chi connectivity index (χ3n) is 4.10. The van der Waals surface area contributed by atoms with Crippen LogP contribution in [0.25, 0.3) is 11.3 Å². The zero-order valence-electron chi connectivity index (χ0n) is 14.7. The molecule has 3 heterocycles. The number of hydrogen-bond donors (Lipinski definition) is 2. The first kappa shape index (κ1) is 19.2. The Bertz CT molecular complexity index is 1170. The van der Waals surface area contributed by atoms with Crippen LogP contribution in [0.3, 0.4) is 0 Å². The molecule has 0 fully saturated rings. The van der Waals surface area contributed by atoms with Crippen molar-refractivity contribution in [1.82, 2.24) is 35.3 Å². The van der Waals surface area contributed by atoms with Gasteiger partial charge in [-0.05, 0) is 17.7 Å². The van der Waals surface area contributed by atoms with E-state index in [1.165, 1.54) is 12.4 Å². The second-order valence-corrected chi connectivity index (χ2v) is 6.88. The Morgan fingerprint density at radius 3 is 2.72 bits per heavy atom. The summed E-state index contributed by atoms with van der Waals surface area (Å²) in [5, 5.41) is 28.7. The molecule has 0 spiro atoms. The topological polar surface area (TPSA) is 136 Å². The van der Waals surface area contributed by atoms with Gasteiger partial charge in [0.1, 0.15) is 17.3 Å². The van der Waals surface area contributed by atoms with E-state index in [1.807, 2.05) is 0 Å². The summed E-state index contributed by atoms with van der Waals surface area (Å²) in [5.74, 6) is 0.448. The average molecular weight is 434 g/mol. The van der Waals surface area contributed by atoms with Crippen molar-refractivity contribution in [1.29, 1.82) is 0 Å². The predicted octanol–water partition coefficient (Wildman–Crippen LogP) is 2.04. The molecule has 10 nitrogen and oxygen atoms in total. The lowest BCUT2D eigenvalue weighted by Gasteiger charge is -2.08. The standard InChI is InChI=1S/C17H13Cl2N7O3/c18-10-3-1-9(2-4-10)13(27)5-14-22-15(29-24-14)8-26-17(28)16(19)11(6-21-26)12-7-20-25-23-12/h1-4,6-7,13,27H,5,8H2,(H,20,23,25)/t13-/m0/s1. The highest BCUT2D eigenvalue weighted by molar-refractivity contribution is 6.33. The van der Waals surface area contributed by atoms with Gasteiger partial charge in [0.2, 0.25) is 5.89 Å². The van der Waals surface area contributed by atoms with Gasteiger partial charge in [0.15, 0.2) is 5.82 Å². The average Bonchev–Trinajstić information content (AvgIpc) is 3.38. The molecule has 1 aromatic carbocycles. The largest absolute Gasteiger partial charge is 0.388 e. The summed E-state index contributed by atoms with van der Waals surface area (Å²) in [5.41, 5.74) is 0.906. The molecule has 1 atom stereocenters. The molecule has 4 rings (SSSR count). The van der Waals surface area contributed by atoms with Crippen LogP contribution in [0.15, 0.2) is 46.0 Å². The number of halogens is 2. The molecule has 4 aromatic rings. The number of aliphatic hydroxyl groups excluding tert-OH is 1. The van der Waals surface area contributed by atoms with Crippen molar-refractivity contribution in [3.8, 4) is 11.3 Å². The van der Waals surface area contributed by atoms with E-state index in [9.17, 15) is 9.90 Å². The van der Waals surface area contributed by atoms with Crippen molar-refractivity contribution < 1.29 is 9.63 Å². The van der Waals surface area contributed by atoms with Gasteiger partial charge in [0.25, 0.3) is 5.56 Å². The van der Waals surface area contributed by atoms with E-state index in [0.717, 1.165) is 4.68 Å². The molecule has 2 N–H and O–H groups in total. The molecule has 0 amide bonds. The number of aromatic amines is 1. The molecule has 12 heteroatoms. The van der Waals surface area contributed by atoms with Crippen molar-refractivity contribution >= 4 is 23.2 Å². The quantitative estimate of drug-likeness (QED) is 0.471. The fraction of sp³-hybridized carbons (Fsp3) is 0.176. The van der Waals surface area contributed by atoms with Crippen LogP contribution in [-0.4, -0.2) is 40.4 Å². The zero-order chi connectivity index (χ0) is 20.4. The lowest BCUT2D eigenvalue weighted by atomic mass is 10.1. The van der Waals surface area contributed by atoms with Gasteiger partial charge in [0.05, 0.1) is 18.5 Å². The number of rotatable bonds is 6. The van der Waals surface area contributed by atoms with E-state index in [0.29, 0.717) is 27.7 Å². The van der Waals surface area contributed by atoms with Crippen LogP contribution < -0.4 is 5.56 Å². The van der Waals surface area contributed by atoms with Crippen LogP contribution in [-0.2, 0) is 13.0 Å². The summed E-state index contributed by atoms with van der Waals surface area (Å²) < 4.78 is 6.25. The first-order valence-electron chi connectivity index (χ1n) is 8.38. The molecule has 0 bridgehead atoms. The first-order valence-corrected chi connectivity index (χ1v) is 9.13. The van der Waals surface area contributed by atoms with E-state index in [2.05, 4.69) is 30.7 Å². The number of hydrogen-bond acceptors (Lipinski definition) is 8.